The van der Waals surface area contributed by atoms with Gasteiger partial charge in [-0.3, -0.25) is 4.79 Å². The number of nitrogens with zero attached hydrogens (tertiary/aromatic N) is 1. The predicted molar refractivity (Wildman–Crippen MR) is 92.5 cm³/mol. The van der Waals surface area contributed by atoms with E-state index in [1.165, 1.54) is 5.56 Å². The molecule has 0 aliphatic carbocycles. The van der Waals surface area contributed by atoms with Gasteiger partial charge in [0.15, 0.2) is 0 Å². The number of aryl methyl sites for hydroxylation is 1. The second-order valence-corrected chi connectivity index (χ2v) is 4.54. The molecule has 0 saturated heterocycles. The van der Waals surface area contributed by atoms with Gasteiger partial charge >= 0.3 is 0 Å². The third kappa shape index (κ3) is 3.72. The van der Waals surface area contributed by atoms with Crippen LogP contribution in [0.2, 0.25) is 0 Å². The Bertz CT molecular complexity index is 555. The van der Waals surface area contributed by atoms with E-state index in [1.54, 1.807) is 6.08 Å². The van der Waals surface area contributed by atoms with E-state index < -0.39 is 0 Å². The number of carbonyl (C=O) groups is 1. The number of fused-ring (bicyclic) bond motifs is 1. The van der Waals surface area contributed by atoms with Crippen molar-refractivity contribution in [1.29, 1.82) is 0 Å². The van der Waals surface area contributed by atoms with Crippen LogP contribution in [0.5, 0.6) is 0 Å². The summed E-state index contributed by atoms with van der Waals surface area (Å²) in [7, 11) is 0. The first kappa shape index (κ1) is 17.0. The Morgan fingerprint density at radius 3 is 2.57 bits per heavy atom. The smallest absolute Gasteiger partial charge is 0.227 e. The maximum atomic E-state index is 11.9. The Hall–Kier alpha value is -2.09. The van der Waals surface area contributed by atoms with E-state index in [0.717, 1.165) is 29.8 Å². The monoisotopic (exact) mass is 283 g/mol. The van der Waals surface area contributed by atoms with Crippen LogP contribution in [0.1, 0.15) is 38.3 Å². The van der Waals surface area contributed by atoms with Crippen molar-refractivity contribution in [3.63, 3.8) is 0 Å². The van der Waals surface area contributed by atoms with Crippen LogP contribution in [-0.2, 0) is 11.2 Å². The second kappa shape index (κ2) is 8.25. The van der Waals surface area contributed by atoms with E-state index in [2.05, 4.69) is 19.2 Å². The van der Waals surface area contributed by atoms with E-state index in [9.17, 15) is 4.79 Å². The summed E-state index contributed by atoms with van der Waals surface area (Å²) >= 11 is 0. The Kier molecular flexibility index (Phi) is 6.67. The van der Waals surface area contributed by atoms with Crippen molar-refractivity contribution >= 4 is 17.2 Å². The zero-order valence-corrected chi connectivity index (χ0v) is 13.4. The number of rotatable bonds is 4. The van der Waals surface area contributed by atoms with Gasteiger partial charge in [0, 0.05) is 18.7 Å². The lowest BCUT2D eigenvalue weighted by atomic mass is 9.95. The first-order valence-corrected chi connectivity index (χ1v) is 7.60. The summed E-state index contributed by atoms with van der Waals surface area (Å²) in [4.78, 5) is 13.7. The van der Waals surface area contributed by atoms with Crippen LogP contribution in [0.15, 0.2) is 49.6 Å². The maximum absolute atomic E-state index is 11.9. The molecule has 0 N–H and O–H groups in total. The van der Waals surface area contributed by atoms with Gasteiger partial charge in [0.05, 0.1) is 0 Å². The lowest BCUT2D eigenvalue weighted by Crippen LogP contribution is -2.34. The van der Waals surface area contributed by atoms with E-state index in [-0.39, 0.29) is 5.91 Å². The highest BCUT2D eigenvalue weighted by atomic mass is 16.2. The van der Waals surface area contributed by atoms with Crippen molar-refractivity contribution < 1.29 is 4.79 Å². The van der Waals surface area contributed by atoms with Gasteiger partial charge in [-0.1, -0.05) is 51.3 Å². The number of hydrogen-bond acceptors (Lipinski definition) is 1. The quantitative estimate of drug-likeness (QED) is 0.729. The Morgan fingerprint density at radius 2 is 2.00 bits per heavy atom. The van der Waals surface area contributed by atoms with Crippen molar-refractivity contribution in [3.05, 3.63) is 60.7 Å². The minimum absolute atomic E-state index is 0.216. The Balaban J connectivity index is 0.00000106. The standard InChI is InChI=1S/C17H19NO.C2H6/c1-4-7-13(5-2)14-8-10-16-15(12-14)9-11-17(19)18(16)6-3;1-2/h4-5,7-8,10,12H,1-2,6,9,11H2,3H3;1-2H3/b13-7+;. The number of carbonyl (C=O) groups excluding carboxylic acids is 1. The number of anilines is 1. The van der Waals surface area contributed by atoms with Crippen LogP contribution in [0.4, 0.5) is 5.69 Å². The summed E-state index contributed by atoms with van der Waals surface area (Å²) in [5.74, 6) is 0.216. The van der Waals surface area contributed by atoms with Gasteiger partial charge in [-0.2, -0.15) is 0 Å². The lowest BCUT2D eigenvalue weighted by molar-refractivity contribution is -0.118. The summed E-state index contributed by atoms with van der Waals surface area (Å²) in [6.07, 6.45) is 6.95. The maximum Gasteiger partial charge on any atom is 0.227 e. The van der Waals surface area contributed by atoms with Gasteiger partial charge in [-0.25, -0.2) is 0 Å². The van der Waals surface area contributed by atoms with Crippen molar-refractivity contribution in [3.8, 4) is 0 Å². The molecule has 2 rings (SSSR count). The summed E-state index contributed by atoms with van der Waals surface area (Å²) in [5, 5.41) is 0. The largest absolute Gasteiger partial charge is 0.312 e. The topological polar surface area (TPSA) is 20.3 Å². The van der Waals surface area contributed by atoms with Crippen molar-refractivity contribution in [1.82, 2.24) is 0 Å². The molecule has 1 heterocycles. The van der Waals surface area contributed by atoms with Crippen LogP contribution in [0.3, 0.4) is 0 Å². The predicted octanol–water partition coefficient (Wildman–Crippen LogP) is 4.77. The molecule has 0 bridgehead atoms. The molecule has 0 fully saturated rings. The number of allylic oxidation sites excluding steroid dienone is 4. The molecule has 1 aromatic rings. The molecular formula is C19H25NO. The van der Waals surface area contributed by atoms with Crippen LogP contribution in [-0.4, -0.2) is 12.5 Å². The molecule has 112 valence electrons. The lowest BCUT2D eigenvalue weighted by Gasteiger charge is -2.28. The molecule has 0 spiro atoms. The second-order valence-electron chi connectivity index (χ2n) is 4.54. The molecule has 21 heavy (non-hydrogen) atoms. The fraction of sp³-hybridized carbons (Fsp3) is 0.316. The van der Waals surface area contributed by atoms with Crippen LogP contribution >= 0.6 is 0 Å². The van der Waals surface area contributed by atoms with E-state index in [0.29, 0.717) is 6.42 Å². The summed E-state index contributed by atoms with van der Waals surface area (Å²) in [6.45, 7) is 14.3. The van der Waals surface area contributed by atoms with Gasteiger partial charge < -0.3 is 4.90 Å². The van der Waals surface area contributed by atoms with Crippen LogP contribution < -0.4 is 4.90 Å². The molecule has 0 aromatic heterocycles. The van der Waals surface area contributed by atoms with E-state index >= 15 is 0 Å². The van der Waals surface area contributed by atoms with Gasteiger partial charge in [0.2, 0.25) is 5.91 Å². The fourth-order valence-electron chi connectivity index (χ4n) is 2.50. The molecule has 1 aromatic carbocycles. The van der Waals surface area contributed by atoms with E-state index in [1.807, 2.05) is 50.0 Å². The normalized spacial score (nSPS) is 14.0. The zero-order chi connectivity index (χ0) is 15.8. The van der Waals surface area contributed by atoms with Crippen molar-refractivity contribution in [2.24, 2.45) is 0 Å². The highest BCUT2D eigenvalue weighted by Crippen LogP contribution is 2.30. The molecule has 2 nitrogen and oxygen atoms in total. The third-order valence-electron chi connectivity index (χ3n) is 3.45. The molecule has 2 heteroatoms. The summed E-state index contributed by atoms with van der Waals surface area (Å²) in [6, 6.07) is 6.23. The minimum atomic E-state index is 0.216. The fourth-order valence-corrected chi connectivity index (χ4v) is 2.50. The average Bonchev–Trinajstić information content (AvgIpc) is 2.54. The summed E-state index contributed by atoms with van der Waals surface area (Å²) < 4.78 is 0. The highest BCUT2D eigenvalue weighted by Gasteiger charge is 2.22. The highest BCUT2D eigenvalue weighted by molar-refractivity contribution is 5.96. The molecule has 1 aliphatic rings. The van der Waals surface area contributed by atoms with Crippen molar-refractivity contribution in [2.45, 2.75) is 33.6 Å². The van der Waals surface area contributed by atoms with E-state index in [4.69, 9.17) is 0 Å². The van der Waals surface area contributed by atoms with Crippen LogP contribution in [0.25, 0.3) is 5.57 Å². The van der Waals surface area contributed by atoms with Gasteiger partial charge in [0.1, 0.15) is 0 Å². The van der Waals surface area contributed by atoms with Gasteiger partial charge in [-0.15, -0.1) is 0 Å². The first-order chi connectivity index (χ1) is 10.2. The molecule has 0 unspecified atom stereocenters. The molecule has 0 atom stereocenters. The molecule has 1 amide bonds. The zero-order valence-electron chi connectivity index (χ0n) is 13.4. The Labute approximate surface area is 128 Å². The number of hydrogen-bond donors (Lipinski definition) is 0. The molecule has 0 radical (unpaired) electrons. The molecule has 1 aliphatic heterocycles. The SMILES string of the molecule is C=C/C=C(\C=C)c1ccc2c(c1)CCC(=O)N2CC.CC. The van der Waals surface area contributed by atoms with Gasteiger partial charge in [-0.05, 0) is 42.2 Å². The van der Waals surface area contributed by atoms with Crippen molar-refractivity contribution in [2.75, 3.05) is 11.4 Å². The average molecular weight is 283 g/mol. The molecule has 0 saturated carbocycles. The minimum Gasteiger partial charge on any atom is -0.312 e. The summed E-state index contributed by atoms with van der Waals surface area (Å²) in [5.41, 5.74) is 4.46. The molecular weight excluding hydrogens is 258 g/mol. The number of benzene rings is 1. The third-order valence-corrected chi connectivity index (χ3v) is 3.45. The number of amides is 1. The Morgan fingerprint density at radius 1 is 1.29 bits per heavy atom. The first-order valence-electron chi connectivity index (χ1n) is 7.60. The van der Waals surface area contributed by atoms with Crippen LogP contribution in [0, 0.1) is 0 Å². The van der Waals surface area contributed by atoms with Gasteiger partial charge in [0.25, 0.3) is 0 Å².